The first-order valence-corrected chi connectivity index (χ1v) is 11.6. The normalized spacial score (nSPS) is 23.2. The first kappa shape index (κ1) is 25.9. The maximum absolute atomic E-state index is 13.1. The van der Waals surface area contributed by atoms with E-state index in [0.717, 1.165) is 47.3 Å². The standard InChI is InChI=1S/C28H40O4/c1-19(2)9-12-25(31)28(6)14-8-13-27(28,5)18-24(30)15-20(3)10-11-22-17-23(29)16-21(4)26(22)32-7/h9-10,16-17,29H,8,11-15,18H2,1-7H3/t27-,28+/m1/s1. The Kier molecular flexibility index (Phi) is 8.50. The van der Waals surface area contributed by atoms with E-state index < -0.39 is 5.41 Å². The molecule has 1 fully saturated rings. The molecule has 0 unspecified atom stereocenters. The number of phenols is 1. The van der Waals surface area contributed by atoms with Gasteiger partial charge in [-0.25, -0.2) is 0 Å². The van der Waals surface area contributed by atoms with E-state index in [-0.39, 0.29) is 22.7 Å². The second kappa shape index (κ2) is 10.5. The molecular formula is C28H40O4. The Hall–Kier alpha value is -2.36. The Morgan fingerprint density at radius 3 is 2.44 bits per heavy atom. The van der Waals surface area contributed by atoms with Crippen molar-refractivity contribution in [2.45, 2.75) is 86.5 Å². The van der Waals surface area contributed by atoms with Crippen LogP contribution in [-0.2, 0) is 16.0 Å². The van der Waals surface area contributed by atoms with Crippen molar-refractivity contribution < 1.29 is 19.4 Å². The predicted molar refractivity (Wildman–Crippen MR) is 130 cm³/mol. The van der Waals surface area contributed by atoms with Crippen LogP contribution in [0.25, 0.3) is 0 Å². The third kappa shape index (κ3) is 5.90. The number of aromatic hydroxyl groups is 1. The van der Waals surface area contributed by atoms with Gasteiger partial charge < -0.3 is 9.84 Å². The number of ether oxygens (including phenoxy) is 1. The van der Waals surface area contributed by atoms with Gasteiger partial charge in [0, 0.05) is 30.2 Å². The van der Waals surface area contributed by atoms with Crippen LogP contribution in [0.3, 0.4) is 0 Å². The summed E-state index contributed by atoms with van der Waals surface area (Å²) < 4.78 is 5.48. The van der Waals surface area contributed by atoms with Crippen LogP contribution in [0.5, 0.6) is 11.5 Å². The number of hydrogen-bond donors (Lipinski definition) is 1. The molecule has 2 atom stereocenters. The number of phenolic OH excluding ortho intramolecular Hbond substituents is 1. The van der Waals surface area contributed by atoms with Crippen molar-refractivity contribution in [3.63, 3.8) is 0 Å². The van der Waals surface area contributed by atoms with Gasteiger partial charge in [-0.2, -0.15) is 0 Å². The van der Waals surface area contributed by atoms with Gasteiger partial charge >= 0.3 is 0 Å². The van der Waals surface area contributed by atoms with E-state index >= 15 is 0 Å². The fourth-order valence-corrected chi connectivity index (χ4v) is 5.13. The molecule has 1 aromatic rings. The molecule has 2 rings (SSSR count). The van der Waals surface area contributed by atoms with Gasteiger partial charge in [0.15, 0.2) is 0 Å². The van der Waals surface area contributed by atoms with Crippen LogP contribution >= 0.6 is 0 Å². The van der Waals surface area contributed by atoms with E-state index in [9.17, 15) is 14.7 Å². The smallest absolute Gasteiger partial charge is 0.143 e. The Morgan fingerprint density at radius 2 is 1.81 bits per heavy atom. The summed E-state index contributed by atoms with van der Waals surface area (Å²) in [6, 6.07) is 3.39. The molecule has 0 radical (unpaired) electrons. The molecule has 0 heterocycles. The monoisotopic (exact) mass is 440 g/mol. The van der Waals surface area contributed by atoms with E-state index in [1.807, 2.05) is 39.8 Å². The average Bonchev–Trinajstić information content (AvgIpc) is 2.98. The van der Waals surface area contributed by atoms with E-state index in [1.54, 1.807) is 19.2 Å². The predicted octanol–water partition coefficient (Wildman–Crippen LogP) is 6.67. The van der Waals surface area contributed by atoms with Crippen molar-refractivity contribution in [1.82, 2.24) is 0 Å². The molecule has 32 heavy (non-hydrogen) atoms. The summed E-state index contributed by atoms with van der Waals surface area (Å²) in [4.78, 5) is 26.1. The summed E-state index contributed by atoms with van der Waals surface area (Å²) in [5.41, 5.74) is 3.20. The summed E-state index contributed by atoms with van der Waals surface area (Å²) in [6.07, 6.45) is 8.66. The molecule has 0 bridgehead atoms. The highest BCUT2D eigenvalue weighted by Gasteiger charge is 2.52. The maximum atomic E-state index is 13.1. The number of carbonyl (C=O) groups excluding carboxylic acids is 2. The number of allylic oxidation sites excluding steroid dienone is 4. The Bertz CT molecular complexity index is 920. The van der Waals surface area contributed by atoms with Gasteiger partial charge in [0.25, 0.3) is 0 Å². The highest BCUT2D eigenvalue weighted by molar-refractivity contribution is 5.89. The molecule has 0 aromatic heterocycles. The van der Waals surface area contributed by atoms with Crippen LogP contribution in [0.1, 0.15) is 84.3 Å². The minimum absolute atomic E-state index is 0.184. The Morgan fingerprint density at radius 1 is 1.12 bits per heavy atom. The summed E-state index contributed by atoms with van der Waals surface area (Å²) in [7, 11) is 1.63. The summed E-state index contributed by atoms with van der Waals surface area (Å²) >= 11 is 0. The molecule has 0 amide bonds. The van der Waals surface area contributed by atoms with Gasteiger partial charge in [-0.15, -0.1) is 0 Å². The lowest BCUT2D eigenvalue weighted by Gasteiger charge is -2.39. The Labute approximate surface area is 193 Å². The average molecular weight is 441 g/mol. The summed E-state index contributed by atoms with van der Waals surface area (Å²) in [5.74, 6) is 1.42. The van der Waals surface area contributed by atoms with Crippen LogP contribution in [-0.4, -0.2) is 23.8 Å². The van der Waals surface area contributed by atoms with Crippen molar-refractivity contribution in [3.05, 3.63) is 46.6 Å². The van der Waals surface area contributed by atoms with E-state index in [1.165, 1.54) is 0 Å². The number of hydrogen-bond acceptors (Lipinski definition) is 4. The van der Waals surface area contributed by atoms with E-state index in [2.05, 4.69) is 13.8 Å². The molecule has 176 valence electrons. The molecule has 4 heteroatoms. The highest BCUT2D eigenvalue weighted by Crippen LogP contribution is 2.56. The molecule has 1 aromatic carbocycles. The van der Waals surface area contributed by atoms with Gasteiger partial charge in [0.05, 0.1) is 7.11 Å². The van der Waals surface area contributed by atoms with Gasteiger partial charge in [-0.3, -0.25) is 9.59 Å². The molecule has 0 spiro atoms. The van der Waals surface area contributed by atoms with Gasteiger partial charge in [-0.1, -0.05) is 43.6 Å². The van der Waals surface area contributed by atoms with Crippen LogP contribution in [0, 0.1) is 17.8 Å². The third-order valence-electron chi connectivity index (χ3n) is 7.32. The minimum Gasteiger partial charge on any atom is -0.508 e. The van der Waals surface area contributed by atoms with Crippen molar-refractivity contribution in [2.24, 2.45) is 10.8 Å². The van der Waals surface area contributed by atoms with Crippen molar-refractivity contribution in [2.75, 3.05) is 7.11 Å². The molecule has 4 nitrogen and oxygen atoms in total. The Balaban J connectivity index is 2.07. The van der Waals surface area contributed by atoms with Gasteiger partial charge in [0.2, 0.25) is 0 Å². The zero-order valence-electron chi connectivity index (χ0n) is 20.9. The lowest BCUT2D eigenvalue weighted by molar-refractivity contribution is -0.134. The number of benzene rings is 1. The first-order valence-electron chi connectivity index (χ1n) is 11.6. The number of rotatable bonds is 10. The number of Topliss-reactive ketones (excluding diaryl/α,β-unsaturated/α-hetero) is 2. The molecule has 0 aliphatic heterocycles. The van der Waals surface area contributed by atoms with Crippen LogP contribution < -0.4 is 4.74 Å². The van der Waals surface area contributed by atoms with E-state index in [0.29, 0.717) is 25.7 Å². The van der Waals surface area contributed by atoms with Crippen LogP contribution in [0.2, 0.25) is 0 Å². The number of ketones is 2. The fourth-order valence-electron chi connectivity index (χ4n) is 5.13. The first-order chi connectivity index (χ1) is 14.9. The fraction of sp³-hybridized carbons (Fsp3) is 0.571. The molecule has 0 saturated heterocycles. The molecule has 1 saturated carbocycles. The lowest BCUT2D eigenvalue weighted by Crippen LogP contribution is -2.41. The zero-order chi connectivity index (χ0) is 24.1. The topological polar surface area (TPSA) is 63.6 Å². The second-order valence-corrected chi connectivity index (χ2v) is 10.3. The summed E-state index contributed by atoms with van der Waals surface area (Å²) in [5, 5.41) is 9.91. The molecular weight excluding hydrogens is 400 g/mol. The third-order valence-corrected chi connectivity index (χ3v) is 7.32. The van der Waals surface area contributed by atoms with Gasteiger partial charge in [-0.05, 0) is 70.1 Å². The molecule has 1 aliphatic carbocycles. The molecule has 1 aliphatic rings. The van der Waals surface area contributed by atoms with Crippen molar-refractivity contribution in [1.29, 1.82) is 0 Å². The number of methoxy groups -OCH3 is 1. The number of carbonyl (C=O) groups is 2. The largest absolute Gasteiger partial charge is 0.508 e. The minimum atomic E-state index is -0.446. The molecule has 1 N–H and O–H groups in total. The second-order valence-electron chi connectivity index (χ2n) is 10.3. The van der Waals surface area contributed by atoms with Crippen LogP contribution in [0.15, 0.2) is 35.4 Å². The van der Waals surface area contributed by atoms with Gasteiger partial charge in [0.1, 0.15) is 23.1 Å². The lowest BCUT2D eigenvalue weighted by atomic mass is 9.62. The highest BCUT2D eigenvalue weighted by atomic mass is 16.5. The van der Waals surface area contributed by atoms with E-state index in [4.69, 9.17) is 4.74 Å². The maximum Gasteiger partial charge on any atom is 0.143 e. The quantitative estimate of drug-likeness (QED) is 0.413. The van der Waals surface area contributed by atoms with Crippen molar-refractivity contribution >= 4 is 11.6 Å². The van der Waals surface area contributed by atoms with Crippen molar-refractivity contribution in [3.8, 4) is 11.5 Å². The van der Waals surface area contributed by atoms with Crippen LogP contribution in [0.4, 0.5) is 0 Å². The number of aryl methyl sites for hydroxylation is 1. The SMILES string of the molecule is COc1c(C)cc(O)cc1CC=C(C)CC(=O)C[C@@]1(C)CCC[C@@]1(C)C(=O)CC=C(C)C. The zero-order valence-corrected chi connectivity index (χ0v) is 20.9. The summed E-state index contributed by atoms with van der Waals surface area (Å²) in [6.45, 7) is 12.1.